The van der Waals surface area contributed by atoms with Gasteiger partial charge < -0.3 is 5.32 Å². The molecule has 4 heteroatoms. The van der Waals surface area contributed by atoms with Crippen LogP contribution in [0.5, 0.6) is 0 Å². The van der Waals surface area contributed by atoms with Crippen molar-refractivity contribution in [1.82, 2.24) is 4.90 Å². The molecule has 0 aliphatic heterocycles. The summed E-state index contributed by atoms with van der Waals surface area (Å²) in [6, 6.07) is 16.2. The van der Waals surface area contributed by atoms with Crippen LogP contribution in [-0.2, 0) is 11.2 Å². The van der Waals surface area contributed by atoms with Gasteiger partial charge in [-0.25, -0.2) is 0 Å². The zero-order valence-corrected chi connectivity index (χ0v) is 14.0. The maximum absolute atomic E-state index is 12.3. The summed E-state index contributed by atoms with van der Waals surface area (Å²) < 4.78 is 0. The van der Waals surface area contributed by atoms with Gasteiger partial charge in [-0.1, -0.05) is 48.0 Å². The number of carbonyl (C=O) groups excluding carboxylic acids is 1. The van der Waals surface area contributed by atoms with Crippen molar-refractivity contribution in [2.45, 2.75) is 25.3 Å². The van der Waals surface area contributed by atoms with Crippen LogP contribution in [0.4, 0.5) is 5.69 Å². The van der Waals surface area contributed by atoms with Gasteiger partial charge in [0, 0.05) is 6.04 Å². The molecule has 0 unspecified atom stereocenters. The third-order valence-electron chi connectivity index (χ3n) is 4.41. The number of fused-ring (bicyclic) bond motifs is 1. The molecule has 0 heterocycles. The summed E-state index contributed by atoms with van der Waals surface area (Å²) in [4.78, 5) is 14.4. The molecule has 1 aliphatic carbocycles. The van der Waals surface area contributed by atoms with E-state index >= 15 is 0 Å². The fourth-order valence-corrected chi connectivity index (χ4v) is 3.46. The largest absolute Gasteiger partial charge is 0.324 e. The average molecular weight is 329 g/mol. The Kier molecular flexibility index (Phi) is 4.99. The minimum Gasteiger partial charge on any atom is -0.324 e. The fourth-order valence-electron chi connectivity index (χ4n) is 3.28. The molecule has 1 aliphatic rings. The molecule has 0 saturated carbocycles. The van der Waals surface area contributed by atoms with Crippen LogP contribution in [-0.4, -0.2) is 24.4 Å². The van der Waals surface area contributed by atoms with E-state index in [1.165, 1.54) is 11.1 Å². The Morgan fingerprint density at radius 1 is 1.22 bits per heavy atom. The maximum Gasteiger partial charge on any atom is 0.238 e. The molecule has 1 N–H and O–H groups in total. The molecule has 0 spiro atoms. The van der Waals surface area contributed by atoms with Gasteiger partial charge in [0.1, 0.15) is 0 Å². The third-order valence-corrected chi connectivity index (χ3v) is 4.74. The zero-order valence-electron chi connectivity index (χ0n) is 13.3. The van der Waals surface area contributed by atoms with Gasteiger partial charge in [-0.15, -0.1) is 0 Å². The lowest BCUT2D eigenvalue weighted by molar-refractivity contribution is -0.117. The normalized spacial score (nSPS) is 16.9. The standard InChI is InChI=1S/C19H21ClN2O/c1-22(13-19(23)21-17-11-5-4-10-16(17)20)18-12-6-8-14-7-2-3-9-15(14)18/h2-5,7,9-11,18H,6,8,12-13H2,1H3,(H,21,23)/t18-/m1/s1. The lowest BCUT2D eigenvalue weighted by Gasteiger charge is -2.32. The molecule has 3 nitrogen and oxygen atoms in total. The first-order valence-corrected chi connectivity index (χ1v) is 8.35. The molecule has 120 valence electrons. The molecule has 0 aromatic heterocycles. The van der Waals surface area contributed by atoms with Crippen molar-refractivity contribution in [3.05, 3.63) is 64.7 Å². The number of rotatable bonds is 4. The molecule has 0 fully saturated rings. The third kappa shape index (κ3) is 3.74. The van der Waals surface area contributed by atoms with Crippen LogP contribution in [0, 0.1) is 0 Å². The highest BCUT2D eigenvalue weighted by Crippen LogP contribution is 2.33. The number of carbonyl (C=O) groups is 1. The summed E-state index contributed by atoms with van der Waals surface area (Å²) >= 11 is 6.09. The van der Waals surface area contributed by atoms with Crippen LogP contribution >= 0.6 is 11.6 Å². The van der Waals surface area contributed by atoms with Gasteiger partial charge in [0.25, 0.3) is 0 Å². The van der Waals surface area contributed by atoms with E-state index in [4.69, 9.17) is 11.6 Å². The van der Waals surface area contributed by atoms with E-state index in [1.807, 2.05) is 25.2 Å². The summed E-state index contributed by atoms with van der Waals surface area (Å²) in [6.45, 7) is 0.351. The zero-order chi connectivity index (χ0) is 16.2. The van der Waals surface area contributed by atoms with Crippen molar-refractivity contribution in [2.75, 3.05) is 18.9 Å². The molecular weight excluding hydrogens is 308 g/mol. The van der Waals surface area contributed by atoms with Crippen molar-refractivity contribution in [3.63, 3.8) is 0 Å². The molecule has 0 saturated heterocycles. The first-order chi connectivity index (χ1) is 11.1. The number of aryl methyl sites for hydroxylation is 1. The fraction of sp³-hybridized carbons (Fsp3) is 0.316. The van der Waals surface area contributed by atoms with E-state index in [1.54, 1.807) is 6.07 Å². The maximum atomic E-state index is 12.3. The van der Waals surface area contributed by atoms with Crippen molar-refractivity contribution in [1.29, 1.82) is 0 Å². The smallest absolute Gasteiger partial charge is 0.238 e. The number of likely N-dealkylation sites (N-methyl/N-ethyl adjacent to an activating group) is 1. The second-order valence-electron chi connectivity index (χ2n) is 6.05. The van der Waals surface area contributed by atoms with Crippen molar-refractivity contribution >= 4 is 23.2 Å². The predicted octanol–water partition coefficient (Wildman–Crippen LogP) is 4.29. The van der Waals surface area contributed by atoms with Gasteiger partial charge in [0.2, 0.25) is 5.91 Å². The van der Waals surface area contributed by atoms with Crippen LogP contribution in [0.15, 0.2) is 48.5 Å². The molecule has 3 rings (SSSR count). The SMILES string of the molecule is CN(CC(=O)Nc1ccccc1Cl)[C@@H]1CCCc2ccccc21. The Morgan fingerprint density at radius 3 is 2.78 bits per heavy atom. The Labute approximate surface area is 142 Å². The Bertz CT molecular complexity index is 701. The lowest BCUT2D eigenvalue weighted by Crippen LogP contribution is -2.34. The monoisotopic (exact) mass is 328 g/mol. The molecule has 23 heavy (non-hydrogen) atoms. The molecule has 2 aromatic carbocycles. The highest BCUT2D eigenvalue weighted by molar-refractivity contribution is 6.33. The van der Waals surface area contributed by atoms with E-state index in [0.29, 0.717) is 23.3 Å². The second-order valence-corrected chi connectivity index (χ2v) is 6.46. The minimum absolute atomic E-state index is 0.0383. The van der Waals surface area contributed by atoms with E-state index < -0.39 is 0 Å². The van der Waals surface area contributed by atoms with Gasteiger partial charge >= 0.3 is 0 Å². The van der Waals surface area contributed by atoms with Gasteiger partial charge in [-0.2, -0.15) is 0 Å². The predicted molar refractivity (Wildman–Crippen MR) is 94.8 cm³/mol. The van der Waals surface area contributed by atoms with Gasteiger partial charge in [0.15, 0.2) is 0 Å². The number of halogens is 1. The Balaban J connectivity index is 1.67. The van der Waals surface area contributed by atoms with Crippen molar-refractivity contribution in [3.8, 4) is 0 Å². The molecule has 0 radical (unpaired) electrons. The van der Waals surface area contributed by atoms with Gasteiger partial charge in [0.05, 0.1) is 17.3 Å². The average Bonchev–Trinajstić information content (AvgIpc) is 2.56. The van der Waals surface area contributed by atoms with Gasteiger partial charge in [-0.3, -0.25) is 9.69 Å². The quantitative estimate of drug-likeness (QED) is 0.908. The summed E-state index contributed by atoms with van der Waals surface area (Å²) in [5, 5.41) is 3.45. The van der Waals surface area contributed by atoms with E-state index in [-0.39, 0.29) is 5.91 Å². The van der Waals surface area contributed by atoms with Crippen LogP contribution in [0.25, 0.3) is 0 Å². The minimum atomic E-state index is -0.0383. The molecule has 0 bridgehead atoms. The summed E-state index contributed by atoms with van der Waals surface area (Å²) in [5.74, 6) is -0.0383. The number of benzene rings is 2. The van der Waals surface area contributed by atoms with Crippen LogP contribution < -0.4 is 5.32 Å². The summed E-state index contributed by atoms with van der Waals surface area (Å²) in [5.41, 5.74) is 3.42. The topological polar surface area (TPSA) is 32.3 Å². The number of hydrogen-bond acceptors (Lipinski definition) is 2. The highest BCUT2D eigenvalue weighted by atomic mass is 35.5. The Morgan fingerprint density at radius 2 is 1.96 bits per heavy atom. The van der Waals surface area contributed by atoms with Crippen molar-refractivity contribution in [2.24, 2.45) is 0 Å². The van der Waals surface area contributed by atoms with Crippen LogP contribution in [0.1, 0.15) is 30.0 Å². The first-order valence-electron chi connectivity index (χ1n) is 7.97. The Hall–Kier alpha value is -1.84. The lowest BCUT2D eigenvalue weighted by atomic mass is 9.87. The van der Waals surface area contributed by atoms with E-state index in [0.717, 1.165) is 19.3 Å². The summed E-state index contributed by atoms with van der Waals surface area (Å²) in [6.07, 6.45) is 3.39. The van der Waals surface area contributed by atoms with Crippen LogP contribution in [0.2, 0.25) is 5.02 Å². The number of nitrogens with one attached hydrogen (secondary N) is 1. The molecule has 1 amide bonds. The molecule has 2 aromatic rings. The highest BCUT2D eigenvalue weighted by Gasteiger charge is 2.24. The van der Waals surface area contributed by atoms with Crippen LogP contribution in [0.3, 0.4) is 0 Å². The number of anilines is 1. The molecule has 1 atom stereocenters. The molecular formula is C19H21ClN2O. The second kappa shape index (κ2) is 7.16. The number of para-hydroxylation sites is 1. The number of amides is 1. The number of hydrogen-bond donors (Lipinski definition) is 1. The first kappa shape index (κ1) is 16.0. The van der Waals surface area contributed by atoms with Crippen molar-refractivity contribution < 1.29 is 4.79 Å². The summed E-state index contributed by atoms with van der Waals surface area (Å²) in [7, 11) is 2.01. The van der Waals surface area contributed by atoms with E-state index in [9.17, 15) is 4.79 Å². The van der Waals surface area contributed by atoms with Gasteiger partial charge in [-0.05, 0) is 49.6 Å². The van der Waals surface area contributed by atoms with E-state index in [2.05, 4.69) is 34.5 Å². The number of nitrogens with zero attached hydrogens (tertiary/aromatic N) is 1.